The van der Waals surface area contributed by atoms with E-state index < -0.39 is 0 Å². The van der Waals surface area contributed by atoms with Crippen molar-refractivity contribution >= 4 is 5.78 Å². The molecule has 2 aromatic rings. The van der Waals surface area contributed by atoms with Gasteiger partial charge in [-0.15, -0.1) is 0 Å². The Kier molecular flexibility index (Phi) is 2.19. The molecule has 0 amide bonds. The Morgan fingerprint density at radius 1 is 1.07 bits per heavy atom. The van der Waals surface area contributed by atoms with Crippen molar-refractivity contribution in [2.45, 2.75) is 6.92 Å². The molecule has 0 aliphatic heterocycles. The minimum atomic E-state index is 0.102. The summed E-state index contributed by atoms with van der Waals surface area (Å²) in [5, 5.41) is 0. The van der Waals surface area contributed by atoms with Crippen molar-refractivity contribution < 1.29 is 4.79 Å². The van der Waals surface area contributed by atoms with Crippen LogP contribution in [-0.4, -0.2) is 10.8 Å². The minimum Gasteiger partial charge on any atom is -0.367 e. The lowest BCUT2D eigenvalue weighted by molar-refractivity contribution is 0.101. The first-order valence-electron chi connectivity index (χ1n) is 4.51. The van der Waals surface area contributed by atoms with Crippen LogP contribution in [0.2, 0.25) is 0 Å². The fourth-order valence-corrected chi connectivity index (χ4v) is 1.40. The molecule has 0 bridgehead atoms. The highest BCUT2D eigenvalue weighted by Gasteiger charge is 2.00. The number of rotatable bonds is 2. The fraction of sp³-hybridized carbons (Fsp3) is 0.0833. The molecule has 2 heteroatoms. The Hall–Kier alpha value is -1.83. The Balaban J connectivity index is 2.36. The van der Waals surface area contributed by atoms with E-state index in [0.717, 1.165) is 16.7 Å². The molecule has 0 unspecified atom stereocenters. The summed E-state index contributed by atoms with van der Waals surface area (Å²) in [5.74, 6) is 0.102. The maximum Gasteiger partial charge on any atom is 0.159 e. The molecule has 0 radical (unpaired) electrons. The molecule has 0 fully saturated rings. The third-order valence-electron chi connectivity index (χ3n) is 2.22. The number of benzene rings is 1. The van der Waals surface area contributed by atoms with Gasteiger partial charge in [0, 0.05) is 18.0 Å². The monoisotopic (exact) mass is 185 g/mol. The Morgan fingerprint density at radius 3 is 2.29 bits per heavy atom. The summed E-state index contributed by atoms with van der Waals surface area (Å²) in [4.78, 5) is 14.0. The van der Waals surface area contributed by atoms with Gasteiger partial charge in [-0.2, -0.15) is 0 Å². The molecule has 0 spiro atoms. The number of aromatic amines is 1. The third-order valence-corrected chi connectivity index (χ3v) is 2.22. The molecule has 70 valence electrons. The fourth-order valence-electron chi connectivity index (χ4n) is 1.40. The minimum absolute atomic E-state index is 0.102. The number of carbonyl (C=O) groups excluding carboxylic acids is 1. The number of carbonyl (C=O) groups is 1. The van der Waals surface area contributed by atoms with Crippen LogP contribution >= 0.6 is 0 Å². The summed E-state index contributed by atoms with van der Waals surface area (Å²) in [6, 6.07) is 9.62. The number of nitrogens with one attached hydrogen (secondary N) is 1. The highest BCUT2D eigenvalue weighted by molar-refractivity contribution is 5.94. The van der Waals surface area contributed by atoms with Gasteiger partial charge in [0.25, 0.3) is 0 Å². The standard InChI is InChI=1S/C12H11NO/c1-9(14)10-2-4-11(5-3-10)12-6-7-13-8-12/h2-8,13H,1H3. The van der Waals surface area contributed by atoms with Crippen LogP contribution in [0.5, 0.6) is 0 Å². The van der Waals surface area contributed by atoms with Crippen LogP contribution in [0, 0.1) is 0 Å². The SMILES string of the molecule is CC(=O)c1ccc(-c2cc[nH]c2)cc1. The second-order valence-electron chi connectivity index (χ2n) is 3.23. The maximum atomic E-state index is 11.0. The average molecular weight is 185 g/mol. The van der Waals surface area contributed by atoms with Crippen molar-refractivity contribution in [3.8, 4) is 11.1 Å². The summed E-state index contributed by atoms with van der Waals surface area (Å²) < 4.78 is 0. The van der Waals surface area contributed by atoms with Crippen molar-refractivity contribution in [1.82, 2.24) is 4.98 Å². The number of hydrogen-bond acceptors (Lipinski definition) is 1. The molecule has 1 heterocycles. The van der Waals surface area contributed by atoms with Gasteiger partial charge < -0.3 is 4.98 Å². The smallest absolute Gasteiger partial charge is 0.159 e. The molecule has 2 nitrogen and oxygen atoms in total. The zero-order valence-electron chi connectivity index (χ0n) is 7.95. The number of aromatic nitrogens is 1. The summed E-state index contributed by atoms with van der Waals surface area (Å²) in [5.41, 5.74) is 3.01. The molecule has 0 aliphatic carbocycles. The number of H-pyrrole nitrogens is 1. The number of Topliss-reactive ketones (excluding diaryl/α,β-unsaturated/α-hetero) is 1. The van der Waals surface area contributed by atoms with Gasteiger partial charge in [0.15, 0.2) is 5.78 Å². The number of hydrogen-bond donors (Lipinski definition) is 1. The van der Waals surface area contributed by atoms with E-state index in [4.69, 9.17) is 0 Å². The highest BCUT2D eigenvalue weighted by atomic mass is 16.1. The van der Waals surface area contributed by atoms with E-state index in [1.165, 1.54) is 0 Å². The first kappa shape index (κ1) is 8.75. The zero-order chi connectivity index (χ0) is 9.97. The first-order chi connectivity index (χ1) is 6.77. The van der Waals surface area contributed by atoms with E-state index in [-0.39, 0.29) is 5.78 Å². The van der Waals surface area contributed by atoms with Crippen LogP contribution in [0.1, 0.15) is 17.3 Å². The molecule has 0 saturated carbocycles. The Labute approximate surface area is 82.6 Å². The molecule has 0 atom stereocenters. The van der Waals surface area contributed by atoms with Gasteiger partial charge in [-0.25, -0.2) is 0 Å². The normalized spacial score (nSPS) is 10.1. The average Bonchev–Trinajstić information content (AvgIpc) is 2.71. The lowest BCUT2D eigenvalue weighted by Gasteiger charge is -1.98. The Bertz CT molecular complexity index is 426. The van der Waals surface area contributed by atoms with E-state index in [9.17, 15) is 4.79 Å². The molecule has 1 aromatic heterocycles. The highest BCUT2D eigenvalue weighted by Crippen LogP contribution is 2.18. The molecular formula is C12H11NO. The maximum absolute atomic E-state index is 11.0. The first-order valence-corrected chi connectivity index (χ1v) is 4.51. The van der Waals surface area contributed by atoms with Crippen LogP contribution in [0.15, 0.2) is 42.7 Å². The molecule has 0 saturated heterocycles. The molecule has 1 aromatic carbocycles. The van der Waals surface area contributed by atoms with E-state index in [1.807, 2.05) is 42.7 Å². The lowest BCUT2D eigenvalue weighted by Crippen LogP contribution is -1.90. The van der Waals surface area contributed by atoms with Crippen molar-refractivity contribution in [2.24, 2.45) is 0 Å². The van der Waals surface area contributed by atoms with Crippen LogP contribution in [-0.2, 0) is 0 Å². The second-order valence-corrected chi connectivity index (χ2v) is 3.23. The molecule has 2 rings (SSSR count). The van der Waals surface area contributed by atoms with Gasteiger partial charge in [-0.05, 0) is 24.1 Å². The largest absolute Gasteiger partial charge is 0.367 e. The Morgan fingerprint density at radius 2 is 1.79 bits per heavy atom. The summed E-state index contributed by atoms with van der Waals surface area (Å²) in [6.07, 6.45) is 3.82. The van der Waals surface area contributed by atoms with Crippen molar-refractivity contribution in [1.29, 1.82) is 0 Å². The van der Waals surface area contributed by atoms with E-state index >= 15 is 0 Å². The molecular weight excluding hydrogens is 174 g/mol. The molecule has 0 aliphatic rings. The zero-order valence-corrected chi connectivity index (χ0v) is 7.95. The quantitative estimate of drug-likeness (QED) is 0.717. The van der Waals surface area contributed by atoms with E-state index in [0.29, 0.717) is 0 Å². The summed E-state index contributed by atoms with van der Waals surface area (Å²) in [7, 11) is 0. The second kappa shape index (κ2) is 3.50. The van der Waals surface area contributed by atoms with Crippen LogP contribution < -0.4 is 0 Å². The molecule has 14 heavy (non-hydrogen) atoms. The predicted octanol–water partition coefficient (Wildman–Crippen LogP) is 2.88. The van der Waals surface area contributed by atoms with Crippen molar-refractivity contribution in [2.75, 3.05) is 0 Å². The van der Waals surface area contributed by atoms with Gasteiger partial charge in [0.2, 0.25) is 0 Å². The van der Waals surface area contributed by atoms with Crippen LogP contribution in [0.3, 0.4) is 0 Å². The van der Waals surface area contributed by atoms with Gasteiger partial charge in [0.1, 0.15) is 0 Å². The van der Waals surface area contributed by atoms with Crippen molar-refractivity contribution in [3.05, 3.63) is 48.3 Å². The number of ketones is 1. The van der Waals surface area contributed by atoms with Gasteiger partial charge in [-0.3, -0.25) is 4.79 Å². The summed E-state index contributed by atoms with van der Waals surface area (Å²) in [6.45, 7) is 1.57. The van der Waals surface area contributed by atoms with Gasteiger partial charge in [0.05, 0.1) is 0 Å². The van der Waals surface area contributed by atoms with Crippen LogP contribution in [0.4, 0.5) is 0 Å². The summed E-state index contributed by atoms with van der Waals surface area (Å²) >= 11 is 0. The predicted molar refractivity (Wildman–Crippen MR) is 56.2 cm³/mol. The van der Waals surface area contributed by atoms with Crippen LogP contribution in [0.25, 0.3) is 11.1 Å². The van der Waals surface area contributed by atoms with Gasteiger partial charge in [-0.1, -0.05) is 24.3 Å². The van der Waals surface area contributed by atoms with E-state index in [2.05, 4.69) is 4.98 Å². The van der Waals surface area contributed by atoms with Gasteiger partial charge >= 0.3 is 0 Å². The third kappa shape index (κ3) is 1.59. The molecule has 1 N–H and O–H groups in total. The van der Waals surface area contributed by atoms with E-state index in [1.54, 1.807) is 6.92 Å². The lowest BCUT2D eigenvalue weighted by atomic mass is 10.1. The topological polar surface area (TPSA) is 32.9 Å². The van der Waals surface area contributed by atoms with Crippen molar-refractivity contribution in [3.63, 3.8) is 0 Å².